The zero-order chi connectivity index (χ0) is 9.90. The molecule has 0 bridgehead atoms. The van der Waals surface area contributed by atoms with Gasteiger partial charge in [-0.25, -0.2) is 8.78 Å². The highest BCUT2D eigenvalue weighted by molar-refractivity contribution is 5.76. The maximum Gasteiger partial charge on any atom is 0.265 e. The summed E-state index contributed by atoms with van der Waals surface area (Å²) in [5.41, 5.74) is 5.17. The van der Waals surface area contributed by atoms with E-state index in [0.717, 1.165) is 0 Å². The van der Waals surface area contributed by atoms with E-state index in [9.17, 15) is 13.6 Å². The predicted octanol–water partition coefficient (Wildman–Crippen LogP) is 0.593. The number of piperidine rings is 1. The van der Waals surface area contributed by atoms with E-state index in [0.29, 0.717) is 13.0 Å². The van der Waals surface area contributed by atoms with Gasteiger partial charge in [-0.05, 0) is 6.42 Å². The molecule has 0 aliphatic carbocycles. The zero-order valence-corrected chi connectivity index (χ0v) is 7.43. The minimum Gasteiger partial charge on any atom is -0.337 e. The largest absolute Gasteiger partial charge is 0.337 e. The van der Waals surface area contributed by atoms with Crippen LogP contribution in [0.3, 0.4) is 0 Å². The number of amides is 1. The van der Waals surface area contributed by atoms with Gasteiger partial charge >= 0.3 is 0 Å². The Bertz CT molecular complexity index is 197. The fraction of sp³-hybridized carbons (Fsp3) is 0.875. The van der Waals surface area contributed by atoms with Crippen molar-refractivity contribution in [2.24, 2.45) is 5.73 Å². The molecule has 1 aliphatic rings. The lowest BCUT2D eigenvalue weighted by Gasteiger charge is -2.32. The van der Waals surface area contributed by atoms with Crippen LogP contribution in [0.25, 0.3) is 0 Å². The topological polar surface area (TPSA) is 46.3 Å². The van der Waals surface area contributed by atoms with Crippen LogP contribution in [0.5, 0.6) is 0 Å². The number of likely N-dealkylation sites (tertiary alicyclic amines) is 1. The van der Waals surface area contributed by atoms with Gasteiger partial charge < -0.3 is 10.6 Å². The Kier molecular flexibility index (Phi) is 3.19. The number of rotatable bonds is 2. The summed E-state index contributed by atoms with van der Waals surface area (Å²) in [7, 11) is 0. The second-order valence-electron chi connectivity index (χ2n) is 3.31. The molecule has 3 nitrogen and oxygen atoms in total. The molecule has 1 heterocycles. The molecule has 2 N–H and O–H groups in total. The van der Waals surface area contributed by atoms with Gasteiger partial charge in [0.05, 0.1) is 6.54 Å². The quantitative estimate of drug-likeness (QED) is 0.696. The number of alkyl halides is 2. The summed E-state index contributed by atoms with van der Waals surface area (Å²) in [4.78, 5) is 12.4. The van der Waals surface area contributed by atoms with Gasteiger partial charge in [-0.2, -0.15) is 0 Å². The molecule has 0 unspecified atom stereocenters. The molecule has 1 rings (SSSR count). The maximum absolute atomic E-state index is 12.8. The average Bonchev–Trinajstić information content (AvgIpc) is 2.03. The summed E-state index contributed by atoms with van der Waals surface area (Å²) < 4.78 is 25.7. The van der Waals surface area contributed by atoms with Crippen LogP contribution in [0.15, 0.2) is 0 Å². The first-order valence-electron chi connectivity index (χ1n) is 4.41. The summed E-state index contributed by atoms with van der Waals surface area (Å²) in [6, 6.07) is 0. The summed E-state index contributed by atoms with van der Waals surface area (Å²) in [5, 5.41) is 0. The van der Waals surface area contributed by atoms with Gasteiger partial charge in [-0.3, -0.25) is 4.79 Å². The number of carbonyl (C=O) groups is 1. The van der Waals surface area contributed by atoms with E-state index in [4.69, 9.17) is 5.73 Å². The van der Waals surface area contributed by atoms with Gasteiger partial charge in [0.15, 0.2) is 0 Å². The van der Waals surface area contributed by atoms with E-state index in [1.165, 1.54) is 4.90 Å². The van der Waals surface area contributed by atoms with Gasteiger partial charge in [-0.1, -0.05) is 0 Å². The molecular formula is C8H14F2N2O. The Morgan fingerprint density at radius 3 is 2.77 bits per heavy atom. The Morgan fingerprint density at radius 1 is 1.54 bits per heavy atom. The molecule has 1 aliphatic heterocycles. The second-order valence-corrected chi connectivity index (χ2v) is 3.31. The van der Waals surface area contributed by atoms with Gasteiger partial charge in [0.1, 0.15) is 0 Å². The van der Waals surface area contributed by atoms with Crippen molar-refractivity contribution < 1.29 is 13.6 Å². The summed E-state index contributed by atoms with van der Waals surface area (Å²) in [6.45, 7) is 0.223. The van der Waals surface area contributed by atoms with Gasteiger partial charge in [0.2, 0.25) is 5.91 Å². The SMILES string of the molecule is NCCC(=O)N1CCCC(F)(F)C1. The average molecular weight is 192 g/mol. The maximum atomic E-state index is 12.8. The lowest BCUT2D eigenvalue weighted by molar-refractivity contribution is -0.141. The first-order valence-corrected chi connectivity index (χ1v) is 4.41. The van der Waals surface area contributed by atoms with Crippen molar-refractivity contribution in [2.45, 2.75) is 25.2 Å². The fourth-order valence-electron chi connectivity index (χ4n) is 1.46. The first-order chi connectivity index (χ1) is 6.05. The first kappa shape index (κ1) is 10.4. The lowest BCUT2D eigenvalue weighted by atomic mass is 10.1. The van der Waals surface area contributed by atoms with Crippen molar-refractivity contribution >= 4 is 5.91 Å². The van der Waals surface area contributed by atoms with E-state index >= 15 is 0 Å². The van der Waals surface area contributed by atoms with Crippen LogP contribution in [0, 0.1) is 0 Å². The van der Waals surface area contributed by atoms with Crippen LogP contribution in [-0.4, -0.2) is 36.4 Å². The van der Waals surface area contributed by atoms with E-state index in [1.54, 1.807) is 0 Å². The summed E-state index contributed by atoms with van der Waals surface area (Å²) in [5.74, 6) is -2.97. The van der Waals surface area contributed by atoms with Crippen molar-refractivity contribution in [3.8, 4) is 0 Å². The number of hydrogen-bond donors (Lipinski definition) is 1. The zero-order valence-electron chi connectivity index (χ0n) is 7.43. The number of nitrogens with two attached hydrogens (primary N) is 1. The summed E-state index contributed by atoms with van der Waals surface area (Å²) in [6.07, 6.45) is 0.429. The minimum atomic E-state index is -2.71. The number of carbonyl (C=O) groups excluding carboxylic acids is 1. The highest BCUT2D eigenvalue weighted by atomic mass is 19.3. The lowest BCUT2D eigenvalue weighted by Crippen LogP contribution is -2.46. The monoisotopic (exact) mass is 192 g/mol. The molecule has 0 spiro atoms. The molecule has 5 heteroatoms. The Balaban J connectivity index is 2.47. The normalized spacial score (nSPS) is 21.6. The highest BCUT2D eigenvalue weighted by Crippen LogP contribution is 2.26. The smallest absolute Gasteiger partial charge is 0.265 e. The van der Waals surface area contributed by atoms with Crippen molar-refractivity contribution in [1.29, 1.82) is 0 Å². The third-order valence-corrected chi connectivity index (χ3v) is 2.10. The van der Waals surface area contributed by atoms with Crippen LogP contribution in [0.4, 0.5) is 8.78 Å². The van der Waals surface area contributed by atoms with Crippen molar-refractivity contribution in [3.05, 3.63) is 0 Å². The molecule has 0 atom stereocenters. The van der Waals surface area contributed by atoms with Gasteiger partial charge in [0.25, 0.3) is 5.92 Å². The van der Waals surface area contributed by atoms with Crippen LogP contribution in [-0.2, 0) is 4.79 Å². The predicted molar refractivity (Wildman–Crippen MR) is 44.4 cm³/mol. The summed E-state index contributed by atoms with van der Waals surface area (Å²) >= 11 is 0. The Morgan fingerprint density at radius 2 is 2.23 bits per heavy atom. The van der Waals surface area contributed by atoms with Crippen LogP contribution >= 0.6 is 0 Å². The van der Waals surface area contributed by atoms with Crippen molar-refractivity contribution in [3.63, 3.8) is 0 Å². The van der Waals surface area contributed by atoms with Crippen LogP contribution < -0.4 is 5.73 Å². The molecule has 1 amide bonds. The molecule has 1 fully saturated rings. The molecule has 0 saturated carbocycles. The Labute approximate surface area is 75.9 Å². The van der Waals surface area contributed by atoms with E-state index in [1.807, 2.05) is 0 Å². The number of halogens is 2. The standard InChI is InChI=1S/C8H14F2N2O/c9-8(10)3-1-5-12(6-8)7(13)2-4-11/h1-6,11H2. The van der Waals surface area contributed by atoms with Gasteiger partial charge in [-0.15, -0.1) is 0 Å². The molecule has 0 radical (unpaired) electrons. The third kappa shape index (κ3) is 2.91. The van der Waals surface area contributed by atoms with Crippen molar-refractivity contribution in [1.82, 2.24) is 4.90 Å². The highest BCUT2D eigenvalue weighted by Gasteiger charge is 2.36. The van der Waals surface area contributed by atoms with Crippen molar-refractivity contribution in [2.75, 3.05) is 19.6 Å². The third-order valence-electron chi connectivity index (χ3n) is 2.10. The van der Waals surface area contributed by atoms with E-state index < -0.39 is 12.5 Å². The molecule has 13 heavy (non-hydrogen) atoms. The molecule has 0 aromatic rings. The van der Waals surface area contributed by atoms with E-state index in [-0.39, 0.29) is 25.3 Å². The Hall–Kier alpha value is -0.710. The second kappa shape index (κ2) is 4.00. The number of hydrogen-bond acceptors (Lipinski definition) is 2. The molecule has 0 aromatic carbocycles. The number of nitrogens with zero attached hydrogens (tertiary/aromatic N) is 1. The molecular weight excluding hydrogens is 178 g/mol. The minimum absolute atomic E-state index is 0.112. The van der Waals surface area contributed by atoms with E-state index in [2.05, 4.69) is 0 Å². The van der Waals surface area contributed by atoms with Gasteiger partial charge in [0, 0.05) is 25.9 Å². The van der Waals surface area contributed by atoms with Crippen LogP contribution in [0.2, 0.25) is 0 Å². The molecule has 0 aromatic heterocycles. The molecule has 1 saturated heterocycles. The fourth-order valence-corrected chi connectivity index (χ4v) is 1.46. The van der Waals surface area contributed by atoms with Crippen LogP contribution in [0.1, 0.15) is 19.3 Å². The molecule has 76 valence electrons.